The molecule has 0 aliphatic heterocycles. The Morgan fingerprint density at radius 1 is 1.00 bits per heavy atom. The van der Waals surface area contributed by atoms with E-state index in [-0.39, 0.29) is 10.7 Å². The molecule has 0 radical (unpaired) electrons. The third-order valence-electron chi connectivity index (χ3n) is 5.25. The molecule has 0 bridgehead atoms. The van der Waals surface area contributed by atoms with Crippen LogP contribution in [0.15, 0.2) is 76.5 Å². The fourth-order valence-corrected chi connectivity index (χ4v) is 6.11. The van der Waals surface area contributed by atoms with E-state index in [2.05, 4.69) is 0 Å². The number of rotatable bonds is 12. The average Bonchev–Trinajstić information content (AvgIpc) is 2.83. The van der Waals surface area contributed by atoms with Crippen molar-refractivity contribution in [3.63, 3.8) is 0 Å². The van der Waals surface area contributed by atoms with Gasteiger partial charge in [0.15, 0.2) is 6.61 Å². The number of sulfonamides is 1. The molecule has 3 rings (SSSR count). The van der Waals surface area contributed by atoms with Crippen molar-refractivity contribution in [2.24, 2.45) is 0 Å². The van der Waals surface area contributed by atoms with Crippen molar-refractivity contribution in [2.45, 2.75) is 30.1 Å². The van der Waals surface area contributed by atoms with Crippen LogP contribution in [0.2, 0.25) is 0 Å². The van der Waals surface area contributed by atoms with E-state index in [4.69, 9.17) is 9.84 Å². The van der Waals surface area contributed by atoms with Gasteiger partial charge in [0.1, 0.15) is 11.6 Å². The SMILES string of the molecule is CCCN(CCSc1ccc(OCC(=O)O)c(C)c1)S(=O)(=O)c1ccc(-c2ccc(F)cc2)cc1. The standard InChI is InChI=1S/C26H28FNO5S2/c1-3-14-28(15-16-34-23-10-13-25(19(2)17-23)33-18-26(29)30)35(31,32)24-11-6-21(7-12-24)20-4-8-22(27)9-5-20/h4-13,17H,3,14-16,18H2,1-2H3,(H,29,30). The van der Waals surface area contributed by atoms with Crippen LogP contribution in [0.4, 0.5) is 4.39 Å². The minimum Gasteiger partial charge on any atom is -0.482 e. The first-order valence-electron chi connectivity index (χ1n) is 11.1. The molecule has 0 unspecified atom stereocenters. The Labute approximate surface area is 209 Å². The van der Waals surface area contributed by atoms with Gasteiger partial charge in [-0.3, -0.25) is 0 Å². The van der Waals surface area contributed by atoms with Gasteiger partial charge >= 0.3 is 5.97 Å². The van der Waals surface area contributed by atoms with E-state index < -0.39 is 22.6 Å². The number of halogens is 1. The normalized spacial score (nSPS) is 11.5. The summed E-state index contributed by atoms with van der Waals surface area (Å²) in [5.74, 6) is -0.290. The van der Waals surface area contributed by atoms with Crippen molar-refractivity contribution in [3.8, 4) is 16.9 Å². The highest BCUT2D eigenvalue weighted by Crippen LogP contribution is 2.27. The molecule has 0 heterocycles. The third kappa shape index (κ3) is 7.30. The van der Waals surface area contributed by atoms with Crippen molar-refractivity contribution in [1.82, 2.24) is 4.31 Å². The minimum atomic E-state index is -3.67. The van der Waals surface area contributed by atoms with Gasteiger partial charge in [-0.25, -0.2) is 17.6 Å². The second kappa shape index (κ2) is 12.2. The quantitative estimate of drug-likeness (QED) is 0.321. The van der Waals surface area contributed by atoms with E-state index in [1.54, 1.807) is 42.5 Å². The van der Waals surface area contributed by atoms with Gasteiger partial charge in [-0.1, -0.05) is 31.2 Å². The first-order valence-corrected chi connectivity index (χ1v) is 13.6. The lowest BCUT2D eigenvalue weighted by molar-refractivity contribution is -0.139. The minimum absolute atomic E-state index is 0.220. The number of hydrogen-bond acceptors (Lipinski definition) is 5. The molecule has 0 spiro atoms. The Hall–Kier alpha value is -2.88. The Bertz CT molecular complexity index is 1250. The number of ether oxygens (including phenoxy) is 1. The number of thioether (sulfide) groups is 1. The zero-order valence-electron chi connectivity index (χ0n) is 19.6. The molecule has 186 valence electrons. The molecule has 3 aromatic carbocycles. The molecule has 0 aliphatic carbocycles. The number of hydrogen-bond donors (Lipinski definition) is 1. The fourth-order valence-electron chi connectivity index (χ4n) is 3.49. The summed E-state index contributed by atoms with van der Waals surface area (Å²) in [6.45, 7) is 4.12. The molecule has 6 nitrogen and oxygen atoms in total. The van der Waals surface area contributed by atoms with Gasteiger partial charge in [-0.15, -0.1) is 11.8 Å². The van der Waals surface area contributed by atoms with Gasteiger partial charge in [0.25, 0.3) is 0 Å². The summed E-state index contributed by atoms with van der Waals surface area (Å²) >= 11 is 1.53. The lowest BCUT2D eigenvalue weighted by Crippen LogP contribution is -2.33. The summed E-state index contributed by atoms with van der Waals surface area (Å²) in [5, 5.41) is 8.76. The average molecular weight is 518 g/mol. The molecular weight excluding hydrogens is 489 g/mol. The van der Waals surface area contributed by atoms with Crippen molar-refractivity contribution < 1.29 is 27.4 Å². The maximum Gasteiger partial charge on any atom is 0.341 e. The van der Waals surface area contributed by atoms with Gasteiger partial charge in [-0.05, 0) is 72.5 Å². The summed E-state index contributed by atoms with van der Waals surface area (Å²) in [6, 6.07) is 18.2. The van der Waals surface area contributed by atoms with Crippen molar-refractivity contribution in [2.75, 3.05) is 25.4 Å². The molecule has 1 N–H and O–H groups in total. The number of aliphatic carboxylic acids is 1. The van der Waals surface area contributed by atoms with Crippen molar-refractivity contribution >= 4 is 27.8 Å². The van der Waals surface area contributed by atoms with Crippen molar-refractivity contribution in [1.29, 1.82) is 0 Å². The van der Waals surface area contributed by atoms with Crippen LogP contribution in [0.25, 0.3) is 11.1 Å². The van der Waals surface area contributed by atoms with Crippen LogP contribution in [0.3, 0.4) is 0 Å². The topological polar surface area (TPSA) is 83.9 Å². The van der Waals surface area contributed by atoms with Gasteiger partial charge < -0.3 is 9.84 Å². The van der Waals surface area contributed by atoms with Crippen LogP contribution in [0.1, 0.15) is 18.9 Å². The second-order valence-electron chi connectivity index (χ2n) is 7.89. The predicted octanol–water partition coefficient (Wildman–Crippen LogP) is 5.46. The third-order valence-corrected chi connectivity index (χ3v) is 8.14. The van der Waals surface area contributed by atoms with E-state index >= 15 is 0 Å². The Kier molecular flexibility index (Phi) is 9.31. The smallest absolute Gasteiger partial charge is 0.341 e. The molecule has 0 aliphatic rings. The van der Waals surface area contributed by atoms with Crippen molar-refractivity contribution in [3.05, 3.63) is 78.1 Å². The summed E-state index contributed by atoms with van der Waals surface area (Å²) in [7, 11) is -3.67. The Morgan fingerprint density at radius 2 is 1.63 bits per heavy atom. The molecule has 3 aromatic rings. The molecule has 0 saturated carbocycles. The summed E-state index contributed by atoms with van der Waals surface area (Å²) in [6.07, 6.45) is 0.687. The molecule has 0 amide bonds. The summed E-state index contributed by atoms with van der Waals surface area (Å²) in [4.78, 5) is 11.9. The van der Waals surface area contributed by atoms with Crippen LogP contribution in [-0.4, -0.2) is 49.2 Å². The highest BCUT2D eigenvalue weighted by molar-refractivity contribution is 7.99. The molecule has 35 heavy (non-hydrogen) atoms. The van der Waals surface area contributed by atoms with Gasteiger partial charge in [0.2, 0.25) is 10.0 Å². The number of aryl methyl sites for hydroxylation is 1. The first kappa shape index (κ1) is 26.7. The largest absolute Gasteiger partial charge is 0.482 e. The number of nitrogens with zero attached hydrogens (tertiary/aromatic N) is 1. The van der Waals surface area contributed by atoms with Crippen LogP contribution in [-0.2, 0) is 14.8 Å². The van der Waals surface area contributed by atoms with E-state index in [1.165, 1.54) is 28.2 Å². The van der Waals surface area contributed by atoms with Gasteiger partial charge in [-0.2, -0.15) is 4.31 Å². The predicted molar refractivity (Wildman–Crippen MR) is 136 cm³/mol. The summed E-state index contributed by atoms with van der Waals surface area (Å²) < 4.78 is 46.5. The number of carboxylic acids is 1. The lowest BCUT2D eigenvalue weighted by atomic mass is 10.1. The number of carboxylic acid groups (broad SMARTS) is 1. The number of carbonyl (C=O) groups is 1. The Morgan fingerprint density at radius 3 is 2.20 bits per heavy atom. The van der Waals surface area contributed by atoms with Crippen LogP contribution in [0.5, 0.6) is 5.75 Å². The highest BCUT2D eigenvalue weighted by Gasteiger charge is 2.23. The molecule has 0 atom stereocenters. The van der Waals surface area contributed by atoms with E-state index in [0.717, 1.165) is 21.6 Å². The Balaban J connectivity index is 1.65. The molecule has 0 aromatic heterocycles. The van der Waals surface area contributed by atoms with E-state index in [0.29, 0.717) is 31.0 Å². The number of benzene rings is 3. The fraction of sp³-hybridized carbons (Fsp3) is 0.269. The first-order chi connectivity index (χ1) is 16.7. The molecule has 9 heteroatoms. The zero-order valence-corrected chi connectivity index (χ0v) is 21.2. The van der Waals surface area contributed by atoms with E-state index in [9.17, 15) is 17.6 Å². The molecular formula is C26H28FNO5S2. The molecule has 0 saturated heterocycles. The maximum atomic E-state index is 13.3. The maximum absolute atomic E-state index is 13.3. The molecule has 0 fully saturated rings. The second-order valence-corrected chi connectivity index (χ2v) is 11.0. The van der Waals surface area contributed by atoms with Crippen LogP contribution >= 0.6 is 11.8 Å². The monoisotopic (exact) mass is 517 g/mol. The van der Waals surface area contributed by atoms with Crippen LogP contribution in [0, 0.1) is 12.7 Å². The van der Waals surface area contributed by atoms with Gasteiger partial charge in [0, 0.05) is 23.7 Å². The lowest BCUT2D eigenvalue weighted by Gasteiger charge is -2.22. The summed E-state index contributed by atoms with van der Waals surface area (Å²) in [5.41, 5.74) is 2.44. The highest BCUT2D eigenvalue weighted by atomic mass is 32.2. The van der Waals surface area contributed by atoms with Gasteiger partial charge in [0.05, 0.1) is 4.90 Å². The van der Waals surface area contributed by atoms with E-state index in [1.807, 2.05) is 26.0 Å². The zero-order chi connectivity index (χ0) is 25.4. The van der Waals surface area contributed by atoms with Crippen LogP contribution < -0.4 is 4.74 Å².